The van der Waals surface area contributed by atoms with E-state index in [-0.39, 0.29) is 0 Å². The Balaban J connectivity index is 1.86. The zero-order chi connectivity index (χ0) is 14.9. The number of methoxy groups -OCH3 is 1. The predicted molar refractivity (Wildman–Crippen MR) is 91.0 cm³/mol. The Morgan fingerprint density at radius 2 is 1.95 bits per heavy atom. The Bertz CT molecular complexity index is 548. The third-order valence-electron chi connectivity index (χ3n) is 3.07. The molecule has 0 aliphatic rings. The van der Waals surface area contributed by atoms with Gasteiger partial charge in [0.05, 0.1) is 6.61 Å². The summed E-state index contributed by atoms with van der Waals surface area (Å²) in [6.45, 7) is 2.31. The Morgan fingerprint density at radius 1 is 1.14 bits per heavy atom. The average molecular weight is 322 g/mol. The van der Waals surface area contributed by atoms with Gasteiger partial charge in [-0.15, -0.1) is 11.8 Å². The lowest BCUT2D eigenvalue weighted by molar-refractivity contribution is 0.199. The number of halogens is 1. The summed E-state index contributed by atoms with van der Waals surface area (Å²) in [6, 6.07) is 16.7. The highest BCUT2D eigenvalue weighted by Gasteiger charge is 2.03. The third-order valence-corrected chi connectivity index (χ3v) is 4.49. The lowest BCUT2D eigenvalue weighted by Crippen LogP contribution is -2.18. The van der Waals surface area contributed by atoms with E-state index in [2.05, 4.69) is 41.7 Å². The highest BCUT2D eigenvalue weighted by molar-refractivity contribution is 7.98. The van der Waals surface area contributed by atoms with Crippen LogP contribution >= 0.6 is 23.4 Å². The van der Waals surface area contributed by atoms with Crippen LogP contribution in [0.15, 0.2) is 53.4 Å². The summed E-state index contributed by atoms with van der Waals surface area (Å²) < 4.78 is 5.00. The molecule has 0 amide bonds. The topological polar surface area (TPSA) is 21.3 Å². The molecule has 2 nitrogen and oxygen atoms in total. The van der Waals surface area contributed by atoms with Gasteiger partial charge in [-0.3, -0.25) is 0 Å². The number of hydrogen-bond acceptors (Lipinski definition) is 3. The number of nitrogens with one attached hydrogen (secondary N) is 1. The molecule has 1 N–H and O–H groups in total. The van der Waals surface area contributed by atoms with Gasteiger partial charge in [-0.25, -0.2) is 0 Å². The van der Waals surface area contributed by atoms with E-state index in [1.165, 1.54) is 10.5 Å². The predicted octanol–water partition coefficient (Wildman–Crippen LogP) is 4.37. The van der Waals surface area contributed by atoms with Crippen LogP contribution in [-0.2, 0) is 17.0 Å². The van der Waals surface area contributed by atoms with Crippen molar-refractivity contribution in [3.8, 4) is 0 Å². The molecule has 112 valence electrons. The second-order valence-electron chi connectivity index (χ2n) is 4.70. The highest BCUT2D eigenvalue weighted by Crippen LogP contribution is 2.27. The molecule has 0 aromatic heterocycles. The smallest absolute Gasteiger partial charge is 0.0587 e. The van der Waals surface area contributed by atoms with E-state index >= 15 is 0 Å². The molecule has 0 saturated heterocycles. The largest absolute Gasteiger partial charge is 0.383 e. The van der Waals surface area contributed by atoms with Crippen molar-refractivity contribution in [2.24, 2.45) is 0 Å². The quantitative estimate of drug-likeness (QED) is 0.576. The number of ether oxygens (including phenoxy) is 1. The Labute approximate surface area is 135 Å². The summed E-state index contributed by atoms with van der Waals surface area (Å²) in [4.78, 5) is 1.20. The van der Waals surface area contributed by atoms with E-state index in [0.29, 0.717) is 6.61 Å². The molecular formula is C17H20ClNOS. The zero-order valence-corrected chi connectivity index (χ0v) is 13.7. The molecule has 0 fully saturated rings. The minimum atomic E-state index is 0.711. The number of rotatable bonds is 8. The van der Waals surface area contributed by atoms with Crippen LogP contribution in [0.25, 0.3) is 0 Å². The van der Waals surface area contributed by atoms with Crippen molar-refractivity contribution in [1.82, 2.24) is 5.32 Å². The first-order chi connectivity index (χ1) is 10.3. The fourth-order valence-corrected chi connectivity index (χ4v) is 3.10. The molecule has 0 aliphatic heterocycles. The van der Waals surface area contributed by atoms with Gasteiger partial charge in [0, 0.05) is 35.9 Å². The molecule has 2 aromatic rings. The van der Waals surface area contributed by atoms with E-state index in [9.17, 15) is 0 Å². The van der Waals surface area contributed by atoms with Crippen LogP contribution in [-0.4, -0.2) is 20.3 Å². The molecule has 0 saturated carbocycles. The van der Waals surface area contributed by atoms with Crippen LogP contribution in [0.5, 0.6) is 0 Å². The Kier molecular flexibility index (Phi) is 7.10. The van der Waals surface area contributed by atoms with Crippen LogP contribution in [0, 0.1) is 0 Å². The molecule has 0 heterocycles. The maximum atomic E-state index is 6.34. The molecule has 4 heteroatoms. The Morgan fingerprint density at radius 3 is 2.67 bits per heavy atom. The molecule has 0 radical (unpaired) electrons. The van der Waals surface area contributed by atoms with Crippen molar-refractivity contribution in [1.29, 1.82) is 0 Å². The van der Waals surface area contributed by atoms with Crippen LogP contribution < -0.4 is 5.32 Å². The maximum Gasteiger partial charge on any atom is 0.0587 e. The third kappa shape index (κ3) is 5.71. The molecule has 0 atom stereocenters. The van der Waals surface area contributed by atoms with Crippen molar-refractivity contribution in [3.63, 3.8) is 0 Å². The minimum Gasteiger partial charge on any atom is -0.383 e. The van der Waals surface area contributed by atoms with Gasteiger partial charge in [-0.2, -0.15) is 0 Å². The summed E-state index contributed by atoms with van der Waals surface area (Å²) in [6.07, 6.45) is 0. The number of hydrogen-bond donors (Lipinski definition) is 1. The zero-order valence-electron chi connectivity index (χ0n) is 12.1. The normalized spacial score (nSPS) is 10.8. The molecule has 2 aromatic carbocycles. The fourth-order valence-electron chi connectivity index (χ4n) is 1.90. The first kappa shape index (κ1) is 16.4. The van der Waals surface area contributed by atoms with Crippen molar-refractivity contribution in [2.75, 3.05) is 20.3 Å². The molecular weight excluding hydrogens is 302 g/mol. The van der Waals surface area contributed by atoms with Gasteiger partial charge >= 0.3 is 0 Å². The van der Waals surface area contributed by atoms with E-state index in [4.69, 9.17) is 16.3 Å². The Hall–Kier alpha value is -1.00. The lowest BCUT2D eigenvalue weighted by atomic mass is 10.2. The standard InChI is InChI=1S/C17H20ClNOS/c1-20-10-9-19-12-15-7-8-16(11-17(15)18)21-13-14-5-3-2-4-6-14/h2-8,11,19H,9-10,12-13H2,1H3. The monoisotopic (exact) mass is 321 g/mol. The summed E-state index contributed by atoms with van der Waals surface area (Å²) in [7, 11) is 1.70. The van der Waals surface area contributed by atoms with Crippen LogP contribution in [0.4, 0.5) is 0 Å². The molecule has 21 heavy (non-hydrogen) atoms. The summed E-state index contributed by atoms with van der Waals surface area (Å²) in [5, 5.41) is 4.12. The van der Waals surface area contributed by atoms with Crippen molar-refractivity contribution >= 4 is 23.4 Å². The van der Waals surface area contributed by atoms with Gasteiger partial charge in [0.15, 0.2) is 0 Å². The van der Waals surface area contributed by atoms with Gasteiger partial charge in [0.1, 0.15) is 0 Å². The van der Waals surface area contributed by atoms with Gasteiger partial charge in [-0.05, 0) is 23.3 Å². The number of thioether (sulfide) groups is 1. The van der Waals surface area contributed by atoms with Crippen LogP contribution in [0.1, 0.15) is 11.1 Å². The molecule has 2 rings (SSSR count). The van der Waals surface area contributed by atoms with E-state index in [1.54, 1.807) is 18.9 Å². The van der Waals surface area contributed by atoms with Crippen LogP contribution in [0.2, 0.25) is 5.02 Å². The first-order valence-corrected chi connectivity index (χ1v) is 8.31. The van der Waals surface area contributed by atoms with Gasteiger partial charge in [-0.1, -0.05) is 48.0 Å². The summed E-state index contributed by atoms with van der Waals surface area (Å²) in [5.74, 6) is 0.961. The minimum absolute atomic E-state index is 0.711. The molecule has 0 spiro atoms. The highest BCUT2D eigenvalue weighted by atomic mass is 35.5. The average Bonchev–Trinajstić information content (AvgIpc) is 2.52. The van der Waals surface area contributed by atoms with Crippen molar-refractivity contribution < 1.29 is 4.74 Å². The van der Waals surface area contributed by atoms with Crippen LogP contribution in [0.3, 0.4) is 0 Å². The maximum absolute atomic E-state index is 6.34. The van der Waals surface area contributed by atoms with Gasteiger partial charge < -0.3 is 10.1 Å². The van der Waals surface area contributed by atoms with E-state index < -0.39 is 0 Å². The fraction of sp³-hybridized carbons (Fsp3) is 0.294. The molecule has 0 aliphatic carbocycles. The second kappa shape index (κ2) is 9.11. The van der Waals surface area contributed by atoms with E-state index in [1.807, 2.05) is 12.1 Å². The number of benzene rings is 2. The van der Waals surface area contributed by atoms with Crippen molar-refractivity contribution in [2.45, 2.75) is 17.2 Å². The molecule has 0 unspecified atom stereocenters. The summed E-state index contributed by atoms with van der Waals surface area (Å²) in [5.41, 5.74) is 2.45. The first-order valence-electron chi connectivity index (χ1n) is 6.94. The molecule has 0 bridgehead atoms. The lowest BCUT2D eigenvalue weighted by Gasteiger charge is -2.08. The SMILES string of the molecule is COCCNCc1ccc(SCc2ccccc2)cc1Cl. The van der Waals surface area contributed by atoms with Gasteiger partial charge in [0.2, 0.25) is 0 Å². The second-order valence-corrected chi connectivity index (χ2v) is 6.15. The van der Waals surface area contributed by atoms with E-state index in [0.717, 1.165) is 29.4 Å². The van der Waals surface area contributed by atoms with Gasteiger partial charge in [0.25, 0.3) is 0 Å². The summed E-state index contributed by atoms with van der Waals surface area (Å²) >= 11 is 8.14. The van der Waals surface area contributed by atoms with Crippen molar-refractivity contribution in [3.05, 3.63) is 64.7 Å².